The molecule has 2 nitrogen and oxygen atoms in total. The fourth-order valence-corrected chi connectivity index (χ4v) is 6.00. The maximum absolute atomic E-state index is 13.1. The number of nitrogens with one attached hydrogen (secondary N) is 1. The third kappa shape index (κ3) is 4.04. The summed E-state index contributed by atoms with van der Waals surface area (Å²) in [7, 11) is 0. The molecule has 3 N–H and O–H groups in total. The molecule has 0 spiro atoms. The van der Waals surface area contributed by atoms with Crippen molar-refractivity contribution in [3.05, 3.63) is 34.6 Å². The van der Waals surface area contributed by atoms with Crippen LogP contribution in [0.2, 0.25) is 5.02 Å². The maximum atomic E-state index is 13.1. The summed E-state index contributed by atoms with van der Waals surface area (Å²) in [4.78, 5) is 0. The molecule has 1 heterocycles. The van der Waals surface area contributed by atoms with Gasteiger partial charge in [0.15, 0.2) is 0 Å². The van der Waals surface area contributed by atoms with Crippen molar-refractivity contribution in [2.24, 2.45) is 5.84 Å². The summed E-state index contributed by atoms with van der Waals surface area (Å²) < 4.78 is 13.1. The van der Waals surface area contributed by atoms with Crippen molar-refractivity contribution in [2.75, 3.05) is 11.5 Å². The fourth-order valence-electron chi connectivity index (χ4n) is 2.51. The topological polar surface area (TPSA) is 38.0 Å². The normalized spacial score (nSPS) is 24.6. The summed E-state index contributed by atoms with van der Waals surface area (Å²) in [5.74, 6) is 7.81. The SMILES string of the molecule is CCC1SCCSC1C(Cc1ccc(F)cc1Cl)NN. The van der Waals surface area contributed by atoms with Crippen molar-refractivity contribution in [3.63, 3.8) is 0 Å². The van der Waals surface area contributed by atoms with E-state index in [0.29, 0.717) is 15.5 Å². The second-order valence-electron chi connectivity index (χ2n) is 4.87. The molecule has 1 aromatic carbocycles. The first-order chi connectivity index (χ1) is 9.65. The molecular weight excluding hydrogens is 315 g/mol. The smallest absolute Gasteiger partial charge is 0.124 e. The van der Waals surface area contributed by atoms with Crippen molar-refractivity contribution in [1.29, 1.82) is 0 Å². The molecule has 0 amide bonds. The van der Waals surface area contributed by atoms with E-state index in [4.69, 9.17) is 17.4 Å². The van der Waals surface area contributed by atoms with E-state index in [1.807, 2.05) is 23.5 Å². The molecule has 1 aliphatic heterocycles. The molecule has 112 valence electrons. The molecule has 20 heavy (non-hydrogen) atoms. The second-order valence-corrected chi connectivity index (χ2v) is 7.91. The molecule has 6 heteroatoms. The second kappa shape index (κ2) is 7.90. The van der Waals surface area contributed by atoms with E-state index in [2.05, 4.69) is 12.3 Å². The lowest BCUT2D eigenvalue weighted by atomic mass is 10.0. The number of hydrazine groups is 1. The summed E-state index contributed by atoms with van der Waals surface area (Å²) in [6, 6.07) is 4.73. The molecule has 1 aliphatic rings. The maximum Gasteiger partial charge on any atom is 0.124 e. The van der Waals surface area contributed by atoms with Gasteiger partial charge < -0.3 is 0 Å². The number of halogens is 2. The van der Waals surface area contributed by atoms with Crippen LogP contribution in [0.15, 0.2) is 18.2 Å². The Balaban J connectivity index is 2.11. The molecule has 0 aliphatic carbocycles. The van der Waals surface area contributed by atoms with Crippen LogP contribution in [-0.4, -0.2) is 28.0 Å². The van der Waals surface area contributed by atoms with E-state index in [9.17, 15) is 4.39 Å². The molecular formula is C14H20ClFN2S2. The number of benzene rings is 1. The average Bonchev–Trinajstić information content (AvgIpc) is 2.46. The van der Waals surface area contributed by atoms with Gasteiger partial charge in [0.25, 0.3) is 0 Å². The monoisotopic (exact) mass is 334 g/mol. The van der Waals surface area contributed by atoms with E-state index in [1.54, 1.807) is 6.07 Å². The van der Waals surface area contributed by atoms with Gasteiger partial charge in [-0.25, -0.2) is 4.39 Å². The third-order valence-electron chi connectivity index (χ3n) is 3.56. The first-order valence-electron chi connectivity index (χ1n) is 6.79. The van der Waals surface area contributed by atoms with Crippen molar-refractivity contribution < 1.29 is 4.39 Å². The van der Waals surface area contributed by atoms with Crippen molar-refractivity contribution >= 4 is 35.1 Å². The summed E-state index contributed by atoms with van der Waals surface area (Å²) in [5.41, 5.74) is 3.89. The predicted molar refractivity (Wildman–Crippen MR) is 89.0 cm³/mol. The van der Waals surface area contributed by atoms with Crippen molar-refractivity contribution in [3.8, 4) is 0 Å². The number of hydrogen-bond acceptors (Lipinski definition) is 4. The summed E-state index contributed by atoms with van der Waals surface area (Å²) in [6.45, 7) is 2.22. The standard InChI is InChI=1S/C14H20ClFN2S2/c1-2-13-14(20-6-5-19-13)12(18-17)7-9-3-4-10(16)8-11(9)15/h3-4,8,12-14,18H,2,5-7,17H2,1H3. The Labute approximate surface area is 133 Å². The minimum absolute atomic E-state index is 0.153. The van der Waals surface area contributed by atoms with Gasteiger partial charge in [-0.15, -0.1) is 0 Å². The molecule has 2 rings (SSSR count). The number of rotatable bonds is 5. The zero-order valence-corrected chi connectivity index (χ0v) is 13.8. The highest BCUT2D eigenvalue weighted by molar-refractivity contribution is 8.07. The molecule has 0 saturated carbocycles. The average molecular weight is 335 g/mol. The molecule has 3 atom stereocenters. The third-order valence-corrected chi connectivity index (χ3v) is 7.32. The van der Waals surface area contributed by atoms with Gasteiger partial charge in [-0.2, -0.15) is 23.5 Å². The van der Waals surface area contributed by atoms with Gasteiger partial charge in [-0.05, 0) is 30.5 Å². The summed E-state index contributed by atoms with van der Waals surface area (Å²) in [5, 5.41) is 1.55. The van der Waals surface area contributed by atoms with E-state index in [0.717, 1.165) is 24.2 Å². The van der Waals surface area contributed by atoms with Gasteiger partial charge in [-0.3, -0.25) is 11.3 Å². The fraction of sp³-hybridized carbons (Fsp3) is 0.571. The minimum atomic E-state index is -0.301. The zero-order valence-electron chi connectivity index (χ0n) is 11.4. The first-order valence-corrected chi connectivity index (χ1v) is 9.26. The van der Waals surface area contributed by atoms with Crippen LogP contribution in [0, 0.1) is 5.82 Å². The highest BCUT2D eigenvalue weighted by atomic mass is 35.5. The van der Waals surface area contributed by atoms with Crippen molar-refractivity contribution in [1.82, 2.24) is 5.43 Å². The highest BCUT2D eigenvalue weighted by Gasteiger charge is 2.31. The summed E-state index contributed by atoms with van der Waals surface area (Å²) >= 11 is 10.1. The van der Waals surface area contributed by atoms with E-state index in [1.165, 1.54) is 17.9 Å². The van der Waals surface area contributed by atoms with E-state index >= 15 is 0 Å². The Morgan fingerprint density at radius 2 is 2.20 bits per heavy atom. The molecule has 0 radical (unpaired) electrons. The van der Waals surface area contributed by atoms with Crippen molar-refractivity contribution in [2.45, 2.75) is 36.3 Å². The van der Waals surface area contributed by atoms with Crippen LogP contribution < -0.4 is 11.3 Å². The van der Waals surface area contributed by atoms with Crippen LogP contribution in [0.5, 0.6) is 0 Å². The van der Waals surface area contributed by atoms with Crippen LogP contribution in [0.25, 0.3) is 0 Å². The molecule has 0 aromatic heterocycles. The van der Waals surface area contributed by atoms with Gasteiger partial charge >= 0.3 is 0 Å². The highest BCUT2D eigenvalue weighted by Crippen LogP contribution is 2.36. The van der Waals surface area contributed by atoms with Crippen LogP contribution in [-0.2, 0) is 6.42 Å². The predicted octanol–water partition coefficient (Wildman–Crippen LogP) is 3.48. The van der Waals surface area contributed by atoms with Crippen LogP contribution in [0.3, 0.4) is 0 Å². The number of nitrogens with two attached hydrogens (primary N) is 1. The molecule has 1 fully saturated rings. The van der Waals surface area contributed by atoms with Gasteiger partial charge in [0.1, 0.15) is 5.82 Å². The van der Waals surface area contributed by atoms with Crippen LogP contribution in [0.4, 0.5) is 4.39 Å². The van der Waals surface area contributed by atoms with Gasteiger partial charge in [0.2, 0.25) is 0 Å². The Morgan fingerprint density at radius 3 is 2.85 bits per heavy atom. The Morgan fingerprint density at radius 1 is 1.45 bits per heavy atom. The molecule has 0 bridgehead atoms. The molecule has 1 saturated heterocycles. The van der Waals surface area contributed by atoms with Gasteiger partial charge in [-0.1, -0.05) is 24.6 Å². The lowest BCUT2D eigenvalue weighted by Gasteiger charge is -2.35. The quantitative estimate of drug-likeness (QED) is 0.638. The zero-order chi connectivity index (χ0) is 14.5. The summed E-state index contributed by atoms with van der Waals surface area (Å²) in [6.07, 6.45) is 1.86. The Bertz CT molecular complexity index is 447. The molecule has 1 aromatic rings. The van der Waals surface area contributed by atoms with Gasteiger partial charge in [0.05, 0.1) is 0 Å². The minimum Gasteiger partial charge on any atom is -0.271 e. The van der Waals surface area contributed by atoms with Crippen LogP contribution in [0.1, 0.15) is 18.9 Å². The largest absolute Gasteiger partial charge is 0.271 e. The van der Waals surface area contributed by atoms with Gasteiger partial charge in [0, 0.05) is 33.1 Å². The van der Waals surface area contributed by atoms with E-state index < -0.39 is 0 Å². The Hall–Kier alpha value is 0.0600. The Kier molecular flexibility index (Phi) is 6.49. The number of thioether (sulfide) groups is 2. The first kappa shape index (κ1) is 16.4. The lowest BCUT2D eigenvalue weighted by Crippen LogP contribution is -2.49. The number of hydrogen-bond donors (Lipinski definition) is 2. The lowest BCUT2D eigenvalue weighted by molar-refractivity contribution is 0.490. The van der Waals surface area contributed by atoms with E-state index in [-0.39, 0.29) is 11.9 Å². The molecule has 3 unspecified atom stereocenters. The van der Waals surface area contributed by atoms with Crippen LogP contribution >= 0.6 is 35.1 Å².